The number of nitrogens with zero attached hydrogens (tertiary/aromatic N) is 2. The van der Waals surface area contributed by atoms with Crippen LogP contribution in [0.2, 0.25) is 0 Å². The van der Waals surface area contributed by atoms with E-state index in [4.69, 9.17) is 10.8 Å². The molecule has 1 heterocycles. The molecular formula is C11H18N4O4. The number of aromatic nitrogens is 2. The van der Waals surface area contributed by atoms with E-state index < -0.39 is 11.9 Å². The number of hydrogen-bond acceptors (Lipinski definition) is 6. The van der Waals surface area contributed by atoms with E-state index in [0.29, 0.717) is 19.4 Å². The Morgan fingerprint density at radius 1 is 1.42 bits per heavy atom. The molecule has 1 unspecified atom stereocenters. The monoisotopic (exact) mass is 270 g/mol. The van der Waals surface area contributed by atoms with Gasteiger partial charge in [-0.25, -0.2) is 4.63 Å². The standard InChI is InChI=1S/C11H18N4O4/c1-2-7(3-4-8(16)17)5-6-13-11(18)9-10(12)15-19-14-9/h7H,2-6H2,1H3,(H2,12,15)(H,13,18)(H,16,17). The third-order valence-electron chi connectivity index (χ3n) is 2.91. The number of nitrogen functional groups attached to an aromatic ring is 1. The average Bonchev–Trinajstić information content (AvgIpc) is 2.79. The van der Waals surface area contributed by atoms with E-state index in [1.165, 1.54) is 0 Å². The molecule has 0 bridgehead atoms. The van der Waals surface area contributed by atoms with Gasteiger partial charge in [0, 0.05) is 13.0 Å². The van der Waals surface area contributed by atoms with Gasteiger partial charge < -0.3 is 16.2 Å². The Kier molecular flexibility index (Phi) is 5.77. The topological polar surface area (TPSA) is 131 Å². The number of carboxylic acid groups (broad SMARTS) is 1. The summed E-state index contributed by atoms with van der Waals surface area (Å²) in [5.41, 5.74) is 5.36. The van der Waals surface area contributed by atoms with E-state index >= 15 is 0 Å². The number of aliphatic carboxylic acids is 1. The van der Waals surface area contributed by atoms with Crippen LogP contribution in [0.4, 0.5) is 5.82 Å². The van der Waals surface area contributed by atoms with Gasteiger partial charge in [0.05, 0.1) is 0 Å². The zero-order chi connectivity index (χ0) is 14.3. The third-order valence-corrected chi connectivity index (χ3v) is 2.91. The first-order valence-corrected chi connectivity index (χ1v) is 6.12. The molecule has 0 fully saturated rings. The molecule has 0 radical (unpaired) electrons. The summed E-state index contributed by atoms with van der Waals surface area (Å²) in [7, 11) is 0. The first kappa shape index (κ1) is 14.9. The number of carbonyl (C=O) groups excluding carboxylic acids is 1. The summed E-state index contributed by atoms with van der Waals surface area (Å²) in [4.78, 5) is 22.1. The van der Waals surface area contributed by atoms with Crippen LogP contribution < -0.4 is 11.1 Å². The number of anilines is 1. The molecule has 0 saturated carbocycles. The minimum Gasteiger partial charge on any atom is -0.481 e. The smallest absolute Gasteiger partial charge is 0.303 e. The molecule has 1 atom stereocenters. The first-order chi connectivity index (χ1) is 9.04. The molecule has 0 aliphatic carbocycles. The fourth-order valence-electron chi connectivity index (χ4n) is 1.71. The summed E-state index contributed by atoms with van der Waals surface area (Å²) in [6.07, 6.45) is 2.33. The lowest BCUT2D eigenvalue weighted by molar-refractivity contribution is -0.137. The van der Waals surface area contributed by atoms with Crippen molar-refractivity contribution in [2.45, 2.75) is 32.6 Å². The van der Waals surface area contributed by atoms with Gasteiger partial charge in [-0.2, -0.15) is 0 Å². The van der Waals surface area contributed by atoms with Crippen molar-refractivity contribution in [3.63, 3.8) is 0 Å². The zero-order valence-corrected chi connectivity index (χ0v) is 10.8. The number of hydrogen-bond donors (Lipinski definition) is 3. The van der Waals surface area contributed by atoms with E-state index in [2.05, 4.69) is 20.3 Å². The van der Waals surface area contributed by atoms with Crippen LogP contribution in [0.15, 0.2) is 4.63 Å². The fraction of sp³-hybridized carbons (Fsp3) is 0.636. The maximum absolute atomic E-state index is 11.6. The van der Waals surface area contributed by atoms with Crippen molar-refractivity contribution >= 4 is 17.7 Å². The fourth-order valence-corrected chi connectivity index (χ4v) is 1.71. The highest BCUT2D eigenvalue weighted by atomic mass is 16.6. The summed E-state index contributed by atoms with van der Waals surface area (Å²) in [5, 5.41) is 18.0. The Bertz CT molecular complexity index is 432. The minimum absolute atomic E-state index is 0.0291. The lowest BCUT2D eigenvalue weighted by Crippen LogP contribution is -2.27. The summed E-state index contributed by atoms with van der Waals surface area (Å²) < 4.78 is 4.33. The SMILES string of the molecule is CCC(CCNC(=O)c1nonc1N)CCC(=O)O. The molecule has 0 saturated heterocycles. The highest BCUT2D eigenvalue weighted by Crippen LogP contribution is 2.14. The summed E-state index contributed by atoms with van der Waals surface area (Å²) in [5.74, 6) is -1.02. The van der Waals surface area contributed by atoms with Crippen molar-refractivity contribution in [3.8, 4) is 0 Å². The zero-order valence-electron chi connectivity index (χ0n) is 10.8. The van der Waals surface area contributed by atoms with Crippen LogP contribution in [-0.4, -0.2) is 33.8 Å². The predicted octanol–water partition coefficient (Wildman–Crippen LogP) is 0.663. The lowest BCUT2D eigenvalue weighted by atomic mass is 9.96. The molecule has 0 spiro atoms. The van der Waals surface area contributed by atoms with Crippen LogP contribution in [0.25, 0.3) is 0 Å². The Morgan fingerprint density at radius 3 is 2.68 bits per heavy atom. The molecule has 106 valence electrons. The summed E-state index contributed by atoms with van der Waals surface area (Å²) in [6, 6.07) is 0. The van der Waals surface area contributed by atoms with Gasteiger partial charge in [0.15, 0.2) is 0 Å². The molecule has 1 aromatic rings. The van der Waals surface area contributed by atoms with Gasteiger partial charge in [0.1, 0.15) is 0 Å². The van der Waals surface area contributed by atoms with Crippen LogP contribution in [0, 0.1) is 5.92 Å². The van der Waals surface area contributed by atoms with Gasteiger partial charge in [0.2, 0.25) is 11.5 Å². The predicted molar refractivity (Wildman–Crippen MR) is 66.3 cm³/mol. The number of carboxylic acids is 1. The molecule has 1 aromatic heterocycles. The molecule has 0 aliphatic heterocycles. The lowest BCUT2D eigenvalue weighted by Gasteiger charge is -2.13. The molecule has 0 aromatic carbocycles. The van der Waals surface area contributed by atoms with Crippen LogP contribution >= 0.6 is 0 Å². The first-order valence-electron chi connectivity index (χ1n) is 6.12. The quantitative estimate of drug-likeness (QED) is 0.632. The average molecular weight is 270 g/mol. The van der Waals surface area contributed by atoms with Crippen molar-refractivity contribution in [2.75, 3.05) is 12.3 Å². The summed E-state index contributed by atoms with van der Waals surface area (Å²) >= 11 is 0. The van der Waals surface area contributed by atoms with Crippen molar-refractivity contribution in [1.82, 2.24) is 15.6 Å². The number of amides is 1. The molecule has 1 amide bonds. The number of nitrogens with one attached hydrogen (secondary N) is 1. The normalized spacial score (nSPS) is 12.1. The van der Waals surface area contributed by atoms with Crippen LogP contribution in [-0.2, 0) is 4.79 Å². The maximum atomic E-state index is 11.6. The van der Waals surface area contributed by atoms with Crippen molar-refractivity contribution in [3.05, 3.63) is 5.69 Å². The third kappa shape index (κ3) is 4.94. The van der Waals surface area contributed by atoms with Crippen molar-refractivity contribution in [1.29, 1.82) is 0 Å². The Morgan fingerprint density at radius 2 is 2.16 bits per heavy atom. The van der Waals surface area contributed by atoms with Crippen LogP contribution in [0.3, 0.4) is 0 Å². The van der Waals surface area contributed by atoms with Gasteiger partial charge in [-0.1, -0.05) is 13.3 Å². The summed E-state index contributed by atoms with van der Waals surface area (Å²) in [6.45, 7) is 2.43. The number of rotatable bonds is 8. The van der Waals surface area contributed by atoms with Crippen molar-refractivity contribution < 1.29 is 19.3 Å². The molecule has 4 N–H and O–H groups in total. The Balaban J connectivity index is 2.30. The molecule has 1 rings (SSSR count). The highest BCUT2D eigenvalue weighted by molar-refractivity contribution is 5.95. The van der Waals surface area contributed by atoms with Gasteiger partial charge >= 0.3 is 5.97 Å². The number of carbonyl (C=O) groups is 2. The molecule has 8 heteroatoms. The second kappa shape index (κ2) is 7.34. The van der Waals surface area contributed by atoms with E-state index in [1.807, 2.05) is 6.92 Å². The van der Waals surface area contributed by atoms with Crippen molar-refractivity contribution in [2.24, 2.45) is 5.92 Å². The Hall–Kier alpha value is -2.12. The maximum Gasteiger partial charge on any atom is 0.303 e. The molecular weight excluding hydrogens is 252 g/mol. The second-order valence-electron chi connectivity index (χ2n) is 4.25. The molecule has 0 aliphatic rings. The second-order valence-corrected chi connectivity index (χ2v) is 4.25. The van der Waals surface area contributed by atoms with Gasteiger partial charge in [-0.15, -0.1) is 0 Å². The van der Waals surface area contributed by atoms with Gasteiger partial charge in [-0.3, -0.25) is 9.59 Å². The van der Waals surface area contributed by atoms with Gasteiger partial charge in [-0.05, 0) is 29.1 Å². The highest BCUT2D eigenvalue weighted by Gasteiger charge is 2.16. The van der Waals surface area contributed by atoms with E-state index in [9.17, 15) is 9.59 Å². The van der Waals surface area contributed by atoms with Crippen LogP contribution in [0.5, 0.6) is 0 Å². The molecule has 8 nitrogen and oxygen atoms in total. The van der Waals surface area contributed by atoms with E-state index in [0.717, 1.165) is 6.42 Å². The van der Waals surface area contributed by atoms with E-state index in [1.54, 1.807) is 0 Å². The number of nitrogens with two attached hydrogens (primary N) is 1. The molecule has 19 heavy (non-hydrogen) atoms. The van der Waals surface area contributed by atoms with Gasteiger partial charge in [0.25, 0.3) is 5.91 Å². The Labute approximate surface area is 110 Å². The minimum atomic E-state index is -0.802. The van der Waals surface area contributed by atoms with E-state index in [-0.39, 0.29) is 23.9 Å². The van der Waals surface area contributed by atoms with Crippen LogP contribution in [0.1, 0.15) is 43.1 Å². The largest absolute Gasteiger partial charge is 0.481 e.